The molecule has 0 N–H and O–H groups in total. The first-order valence-electron chi connectivity index (χ1n) is 4.47. The van der Waals surface area contributed by atoms with E-state index in [-0.39, 0.29) is 18.1 Å². The van der Waals surface area contributed by atoms with Crippen LogP contribution < -0.4 is 0 Å². The van der Waals surface area contributed by atoms with Gasteiger partial charge in [-0.15, -0.1) is 0 Å². The van der Waals surface area contributed by atoms with Crippen LogP contribution in [0.5, 0.6) is 0 Å². The largest absolute Gasteiger partial charge is 0.294 e. The van der Waals surface area contributed by atoms with E-state index in [0.717, 1.165) is 5.69 Å². The van der Waals surface area contributed by atoms with Crippen LogP contribution in [0.1, 0.15) is 29.4 Å². The third-order valence-electron chi connectivity index (χ3n) is 2.35. The highest BCUT2D eigenvalue weighted by Gasteiger charge is 2.18. The van der Waals surface area contributed by atoms with Gasteiger partial charge in [-0.2, -0.15) is 10.4 Å². The van der Waals surface area contributed by atoms with Crippen LogP contribution in [0.3, 0.4) is 0 Å². The second-order valence-corrected chi connectivity index (χ2v) is 3.39. The lowest BCUT2D eigenvalue weighted by Crippen LogP contribution is -2.11. The molecule has 0 bridgehead atoms. The number of rotatable bonds is 3. The summed E-state index contributed by atoms with van der Waals surface area (Å²) in [5.41, 5.74) is 1.47. The summed E-state index contributed by atoms with van der Waals surface area (Å²) in [7, 11) is 1.79. The van der Waals surface area contributed by atoms with Gasteiger partial charge in [0.2, 0.25) is 0 Å². The molecule has 14 heavy (non-hydrogen) atoms. The summed E-state index contributed by atoms with van der Waals surface area (Å²) < 4.78 is 1.66. The molecule has 0 spiro atoms. The van der Waals surface area contributed by atoms with Gasteiger partial charge in [0.15, 0.2) is 5.78 Å². The number of nitriles is 1. The number of hydrogen-bond donors (Lipinski definition) is 0. The van der Waals surface area contributed by atoms with Crippen LogP contribution in [-0.2, 0) is 7.05 Å². The maximum atomic E-state index is 11.8. The van der Waals surface area contributed by atoms with Crippen molar-refractivity contribution >= 4 is 5.78 Å². The normalized spacial score (nSPS) is 12.1. The van der Waals surface area contributed by atoms with Gasteiger partial charge in [0.05, 0.1) is 17.8 Å². The lowest BCUT2D eigenvalue weighted by atomic mass is 9.98. The van der Waals surface area contributed by atoms with Gasteiger partial charge >= 0.3 is 0 Å². The zero-order chi connectivity index (χ0) is 10.7. The Balaban J connectivity index is 2.91. The van der Waals surface area contributed by atoms with Crippen molar-refractivity contribution in [2.75, 3.05) is 0 Å². The number of nitrogens with zero attached hydrogens (tertiary/aromatic N) is 3. The summed E-state index contributed by atoms with van der Waals surface area (Å²) >= 11 is 0. The summed E-state index contributed by atoms with van der Waals surface area (Å²) in [6, 6.07) is 2.00. The molecule has 1 rings (SSSR count). The highest BCUT2D eigenvalue weighted by Crippen LogP contribution is 2.14. The number of hydrogen-bond acceptors (Lipinski definition) is 3. The molecule has 0 aliphatic heterocycles. The van der Waals surface area contributed by atoms with E-state index in [1.54, 1.807) is 24.9 Å². The number of aryl methyl sites for hydroxylation is 1. The summed E-state index contributed by atoms with van der Waals surface area (Å²) in [5, 5.41) is 12.5. The summed E-state index contributed by atoms with van der Waals surface area (Å²) in [6.45, 7) is 3.61. The SMILES string of the molecule is Cc1c(C(=O)C(C)CC#N)cnn1C. The highest BCUT2D eigenvalue weighted by atomic mass is 16.1. The van der Waals surface area contributed by atoms with E-state index in [2.05, 4.69) is 5.10 Å². The molecule has 0 amide bonds. The van der Waals surface area contributed by atoms with Crippen molar-refractivity contribution in [1.29, 1.82) is 5.26 Å². The minimum absolute atomic E-state index is 0.00264. The molecule has 1 aromatic heterocycles. The molecule has 1 heterocycles. The zero-order valence-corrected chi connectivity index (χ0v) is 8.61. The van der Waals surface area contributed by atoms with Gasteiger partial charge < -0.3 is 0 Å². The van der Waals surface area contributed by atoms with Gasteiger partial charge in [-0.3, -0.25) is 9.48 Å². The van der Waals surface area contributed by atoms with Crippen molar-refractivity contribution in [3.05, 3.63) is 17.5 Å². The van der Waals surface area contributed by atoms with Crippen molar-refractivity contribution in [3.63, 3.8) is 0 Å². The quantitative estimate of drug-likeness (QED) is 0.679. The van der Waals surface area contributed by atoms with Crippen LogP contribution in [0.2, 0.25) is 0 Å². The van der Waals surface area contributed by atoms with Crippen molar-refractivity contribution < 1.29 is 4.79 Å². The molecule has 0 radical (unpaired) electrons. The topological polar surface area (TPSA) is 58.7 Å². The Hall–Kier alpha value is -1.63. The molecule has 0 saturated carbocycles. The predicted octanol–water partition coefficient (Wildman–Crippen LogP) is 1.46. The van der Waals surface area contributed by atoms with Crippen molar-refractivity contribution in [1.82, 2.24) is 9.78 Å². The van der Waals surface area contributed by atoms with Crippen LogP contribution in [-0.4, -0.2) is 15.6 Å². The molecule has 0 fully saturated rings. The van der Waals surface area contributed by atoms with Crippen LogP contribution in [0.4, 0.5) is 0 Å². The van der Waals surface area contributed by atoms with Gasteiger partial charge in [0.25, 0.3) is 0 Å². The first-order chi connectivity index (χ1) is 6.57. The third-order valence-corrected chi connectivity index (χ3v) is 2.35. The number of carbonyl (C=O) groups is 1. The Labute approximate surface area is 83.1 Å². The molecular formula is C10H13N3O. The first kappa shape index (κ1) is 10.5. The highest BCUT2D eigenvalue weighted by molar-refractivity contribution is 5.98. The number of aromatic nitrogens is 2. The number of Topliss-reactive ketones (excluding diaryl/α,β-unsaturated/α-hetero) is 1. The van der Waals surface area contributed by atoms with E-state index >= 15 is 0 Å². The van der Waals surface area contributed by atoms with Crippen molar-refractivity contribution in [2.24, 2.45) is 13.0 Å². The van der Waals surface area contributed by atoms with Crippen LogP contribution in [0.25, 0.3) is 0 Å². The summed E-state index contributed by atoms with van der Waals surface area (Å²) in [4.78, 5) is 11.8. The zero-order valence-electron chi connectivity index (χ0n) is 8.61. The molecule has 74 valence electrons. The van der Waals surface area contributed by atoms with Gasteiger partial charge in [-0.1, -0.05) is 6.92 Å². The minimum atomic E-state index is -0.247. The van der Waals surface area contributed by atoms with E-state index in [4.69, 9.17) is 5.26 Å². The molecule has 1 unspecified atom stereocenters. The Bertz CT molecular complexity index is 387. The summed E-state index contributed by atoms with van der Waals surface area (Å²) in [6.07, 6.45) is 1.82. The molecule has 0 aliphatic carbocycles. The predicted molar refractivity (Wildman–Crippen MR) is 51.7 cm³/mol. The maximum Gasteiger partial charge on any atom is 0.170 e. The minimum Gasteiger partial charge on any atom is -0.294 e. The fourth-order valence-electron chi connectivity index (χ4n) is 1.24. The maximum absolute atomic E-state index is 11.8. The van der Waals surface area contributed by atoms with Gasteiger partial charge in [-0.25, -0.2) is 0 Å². The van der Waals surface area contributed by atoms with Crippen LogP contribution in [0.15, 0.2) is 6.20 Å². The van der Waals surface area contributed by atoms with Crippen molar-refractivity contribution in [2.45, 2.75) is 20.3 Å². The average Bonchev–Trinajstić information content (AvgIpc) is 2.47. The molecule has 1 aromatic rings. The van der Waals surface area contributed by atoms with Gasteiger partial charge in [0.1, 0.15) is 0 Å². The Morgan fingerprint density at radius 3 is 2.86 bits per heavy atom. The standard InChI is InChI=1S/C10H13N3O/c1-7(4-5-11)10(14)9-6-12-13(3)8(9)2/h6-7H,4H2,1-3H3. The lowest BCUT2D eigenvalue weighted by molar-refractivity contribution is 0.0931. The van der Waals surface area contributed by atoms with Crippen LogP contribution >= 0.6 is 0 Å². The fourth-order valence-corrected chi connectivity index (χ4v) is 1.24. The second-order valence-electron chi connectivity index (χ2n) is 3.39. The molecular weight excluding hydrogens is 178 g/mol. The van der Waals surface area contributed by atoms with E-state index in [9.17, 15) is 4.79 Å². The molecule has 0 aliphatic rings. The summed E-state index contributed by atoms with van der Waals surface area (Å²) in [5.74, 6) is -0.250. The molecule has 4 heteroatoms. The molecule has 0 aromatic carbocycles. The van der Waals surface area contributed by atoms with Gasteiger partial charge in [0, 0.05) is 25.1 Å². The monoisotopic (exact) mass is 191 g/mol. The second kappa shape index (κ2) is 4.05. The first-order valence-corrected chi connectivity index (χ1v) is 4.47. The smallest absolute Gasteiger partial charge is 0.170 e. The third kappa shape index (κ3) is 1.82. The van der Waals surface area contributed by atoms with E-state index in [1.807, 2.05) is 13.0 Å². The Kier molecular flexibility index (Phi) is 3.03. The fraction of sp³-hybridized carbons (Fsp3) is 0.500. The van der Waals surface area contributed by atoms with E-state index < -0.39 is 0 Å². The lowest BCUT2D eigenvalue weighted by Gasteiger charge is -2.04. The average molecular weight is 191 g/mol. The number of ketones is 1. The molecule has 4 nitrogen and oxygen atoms in total. The van der Waals surface area contributed by atoms with Crippen LogP contribution in [0, 0.1) is 24.2 Å². The molecule has 0 saturated heterocycles. The van der Waals surface area contributed by atoms with E-state index in [0.29, 0.717) is 5.56 Å². The van der Waals surface area contributed by atoms with Crippen molar-refractivity contribution in [3.8, 4) is 6.07 Å². The Morgan fingerprint density at radius 1 is 1.79 bits per heavy atom. The Morgan fingerprint density at radius 2 is 2.43 bits per heavy atom. The van der Waals surface area contributed by atoms with E-state index in [1.165, 1.54) is 0 Å². The molecule has 1 atom stereocenters. The van der Waals surface area contributed by atoms with Gasteiger partial charge in [-0.05, 0) is 6.92 Å². The number of carbonyl (C=O) groups excluding carboxylic acids is 1.